The quantitative estimate of drug-likeness (QED) is 0.830. The molecule has 0 aromatic heterocycles. The lowest BCUT2D eigenvalue weighted by atomic mass is 10.0. The smallest absolute Gasteiger partial charge is 0.253 e. The molecule has 2 aliphatic rings. The Hall–Kier alpha value is -2.57. The van der Waals surface area contributed by atoms with E-state index in [1.54, 1.807) is 35.2 Å². The summed E-state index contributed by atoms with van der Waals surface area (Å²) in [4.78, 5) is 25.8. The van der Waals surface area contributed by atoms with Gasteiger partial charge in [-0.1, -0.05) is 17.7 Å². The molecule has 0 radical (unpaired) electrons. The van der Waals surface area contributed by atoms with E-state index < -0.39 is 12.2 Å². The van der Waals surface area contributed by atoms with Gasteiger partial charge in [-0.2, -0.15) is 0 Å². The number of carbonyl (C=O) groups excluding carboxylic acids is 2. The predicted octanol–water partition coefficient (Wildman–Crippen LogP) is 2.88. The lowest BCUT2D eigenvalue weighted by Gasteiger charge is -2.36. The Balaban J connectivity index is 1.39. The number of carbonyl (C=O) groups is 2. The number of anilines is 1. The summed E-state index contributed by atoms with van der Waals surface area (Å²) in [6.45, 7) is 0.693. The van der Waals surface area contributed by atoms with E-state index in [9.17, 15) is 14.7 Å². The SMILES string of the molecule is O=C1CCc2ccc(O[C@@H]3CCN(C(=O)c4ccc(Cl)cc4)C[C@H]3O)cc2N1. The van der Waals surface area contributed by atoms with Crippen LogP contribution < -0.4 is 10.1 Å². The van der Waals surface area contributed by atoms with Crippen molar-refractivity contribution in [1.82, 2.24) is 4.90 Å². The van der Waals surface area contributed by atoms with Gasteiger partial charge in [-0.15, -0.1) is 0 Å². The maximum Gasteiger partial charge on any atom is 0.253 e. The second kappa shape index (κ2) is 7.81. The molecule has 1 saturated heterocycles. The zero-order valence-corrected chi connectivity index (χ0v) is 16.0. The first-order valence-electron chi connectivity index (χ1n) is 9.32. The van der Waals surface area contributed by atoms with E-state index in [0.29, 0.717) is 35.7 Å². The second-order valence-corrected chi connectivity index (χ2v) is 7.57. The Labute approximate surface area is 168 Å². The number of aryl methyl sites for hydroxylation is 1. The highest BCUT2D eigenvalue weighted by Crippen LogP contribution is 2.29. The van der Waals surface area contributed by atoms with Crippen molar-refractivity contribution < 1.29 is 19.4 Å². The van der Waals surface area contributed by atoms with Gasteiger partial charge in [0.1, 0.15) is 18.0 Å². The topological polar surface area (TPSA) is 78.9 Å². The zero-order chi connectivity index (χ0) is 19.7. The minimum absolute atomic E-state index is 0.00120. The summed E-state index contributed by atoms with van der Waals surface area (Å²) in [5.74, 6) is 0.465. The lowest BCUT2D eigenvalue weighted by molar-refractivity contribution is -0.116. The molecule has 2 aromatic rings. The number of benzene rings is 2. The van der Waals surface area contributed by atoms with Crippen molar-refractivity contribution in [2.75, 3.05) is 18.4 Å². The van der Waals surface area contributed by atoms with Gasteiger partial charge in [0.05, 0.1) is 6.54 Å². The number of β-amino-alcohol motifs (C(OH)–C–C–N with tert-alkyl or cyclic N) is 1. The number of hydrogen-bond acceptors (Lipinski definition) is 4. The summed E-state index contributed by atoms with van der Waals surface area (Å²) < 4.78 is 5.96. The van der Waals surface area contributed by atoms with Crippen LogP contribution in [0.1, 0.15) is 28.8 Å². The molecule has 4 rings (SSSR count). The van der Waals surface area contributed by atoms with Crippen molar-refractivity contribution in [2.24, 2.45) is 0 Å². The highest BCUT2D eigenvalue weighted by atomic mass is 35.5. The molecule has 6 nitrogen and oxygen atoms in total. The minimum atomic E-state index is -0.796. The third-order valence-corrected chi connectivity index (χ3v) is 5.41. The molecule has 2 heterocycles. The third kappa shape index (κ3) is 3.98. The highest BCUT2D eigenvalue weighted by molar-refractivity contribution is 6.30. The van der Waals surface area contributed by atoms with Crippen LogP contribution in [0.2, 0.25) is 5.02 Å². The number of nitrogens with one attached hydrogen (secondary N) is 1. The number of likely N-dealkylation sites (tertiary alicyclic amines) is 1. The molecule has 0 bridgehead atoms. The highest BCUT2D eigenvalue weighted by Gasteiger charge is 2.32. The summed E-state index contributed by atoms with van der Waals surface area (Å²) >= 11 is 5.87. The number of nitrogens with zero attached hydrogens (tertiary/aromatic N) is 1. The van der Waals surface area contributed by atoms with Gasteiger partial charge >= 0.3 is 0 Å². The van der Waals surface area contributed by atoms with Crippen LogP contribution in [0.5, 0.6) is 5.75 Å². The minimum Gasteiger partial charge on any atom is -0.488 e. The van der Waals surface area contributed by atoms with Crippen molar-refractivity contribution in [1.29, 1.82) is 0 Å². The van der Waals surface area contributed by atoms with Crippen LogP contribution in [0, 0.1) is 0 Å². The Morgan fingerprint density at radius 2 is 1.96 bits per heavy atom. The molecular weight excluding hydrogens is 380 g/mol. The number of amides is 2. The average Bonchev–Trinajstić information content (AvgIpc) is 2.69. The summed E-state index contributed by atoms with van der Waals surface area (Å²) in [7, 11) is 0. The van der Waals surface area contributed by atoms with E-state index in [4.69, 9.17) is 16.3 Å². The third-order valence-electron chi connectivity index (χ3n) is 5.16. The van der Waals surface area contributed by atoms with Crippen LogP contribution in [0.25, 0.3) is 0 Å². The van der Waals surface area contributed by atoms with Gasteiger partial charge < -0.3 is 20.1 Å². The number of piperidine rings is 1. The van der Waals surface area contributed by atoms with E-state index in [0.717, 1.165) is 17.7 Å². The molecular formula is C21H21ClN2O4. The van der Waals surface area contributed by atoms with Gasteiger partial charge in [-0.05, 0) is 42.3 Å². The van der Waals surface area contributed by atoms with Crippen molar-refractivity contribution >= 4 is 29.1 Å². The molecule has 1 fully saturated rings. The van der Waals surface area contributed by atoms with Crippen LogP contribution in [-0.2, 0) is 11.2 Å². The molecule has 2 atom stereocenters. The summed E-state index contributed by atoms with van der Waals surface area (Å²) in [6.07, 6.45) is 0.521. The average molecular weight is 401 g/mol. The molecule has 28 heavy (non-hydrogen) atoms. The molecule has 0 unspecified atom stereocenters. The van der Waals surface area contributed by atoms with E-state index in [1.165, 1.54) is 0 Å². The summed E-state index contributed by atoms with van der Waals surface area (Å²) in [6, 6.07) is 12.3. The maximum atomic E-state index is 12.6. The largest absolute Gasteiger partial charge is 0.488 e. The molecule has 0 spiro atoms. The fourth-order valence-electron chi connectivity index (χ4n) is 3.61. The first-order valence-corrected chi connectivity index (χ1v) is 9.70. The van der Waals surface area contributed by atoms with Gasteiger partial charge in [0, 0.05) is 41.7 Å². The fourth-order valence-corrected chi connectivity index (χ4v) is 3.73. The van der Waals surface area contributed by atoms with Crippen LogP contribution in [-0.4, -0.2) is 47.1 Å². The number of aliphatic hydroxyl groups excluding tert-OH is 1. The van der Waals surface area contributed by atoms with E-state index in [1.807, 2.05) is 12.1 Å². The number of hydrogen-bond donors (Lipinski definition) is 2. The molecule has 2 amide bonds. The predicted molar refractivity (Wildman–Crippen MR) is 106 cm³/mol. The Morgan fingerprint density at radius 1 is 1.18 bits per heavy atom. The molecule has 2 N–H and O–H groups in total. The van der Waals surface area contributed by atoms with Crippen LogP contribution >= 0.6 is 11.6 Å². The Kier molecular flexibility index (Phi) is 5.24. The monoisotopic (exact) mass is 400 g/mol. The lowest BCUT2D eigenvalue weighted by Crippen LogP contribution is -2.51. The standard InChI is InChI=1S/C21H21ClN2O4/c22-15-5-1-14(2-6-15)21(27)24-10-9-19(18(25)12-24)28-16-7-3-13-4-8-20(26)23-17(13)11-16/h1-3,5-7,11,18-19,25H,4,8-10,12H2,(H,23,26)/t18-,19-/m1/s1. The van der Waals surface area contributed by atoms with Crippen molar-refractivity contribution in [3.8, 4) is 5.75 Å². The molecule has 7 heteroatoms. The van der Waals surface area contributed by atoms with Crippen molar-refractivity contribution in [2.45, 2.75) is 31.5 Å². The van der Waals surface area contributed by atoms with Crippen molar-refractivity contribution in [3.63, 3.8) is 0 Å². The summed E-state index contributed by atoms with van der Waals surface area (Å²) in [5.41, 5.74) is 2.39. The van der Waals surface area contributed by atoms with Gasteiger partial charge in [-0.3, -0.25) is 9.59 Å². The zero-order valence-electron chi connectivity index (χ0n) is 15.2. The fraction of sp³-hybridized carbons (Fsp3) is 0.333. The van der Waals surface area contributed by atoms with Gasteiger partial charge in [-0.25, -0.2) is 0 Å². The van der Waals surface area contributed by atoms with Gasteiger partial charge in [0.2, 0.25) is 5.91 Å². The van der Waals surface area contributed by atoms with Gasteiger partial charge in [0.15, 0.2) is 0 Å². The van der Waals surface area contributed by atoms with Crippen LogP contribution in [0.15, 0.2) is 42.5 Å². The molecule has 0 saturated carbocycles. The molecule has 2 aliphatic heterocycles. The van der Waals surface area contributed by atoms with Crippen LogP contribution in [0.3, 0.4) is 0 Å². The first-order chi connectivity index (χ1) is 13.5. The molecule has 2 aromatic carbocycles. The molecule has 0 aliphatic carbocycles. The van der Waals surface area contributed by atoms with E-state index in [-0.39, 0.29) is 18.4 Å². The second-order valence-electron chi connectivity index (χ2n) is 7.14. The number of rotatable bonds is 3. The Morgan fingerprint density at radius 3 is 2.71 bits per heavy atom. The number of fused-ring (bicyclic) bond motifs is 1. The number of halogens is 1. The van der Waals surface area contributed by atoms with Crippen molar-refractivity contribution in [3.05, 3.63) is 58.6 Å². The van der Waals surface area contributed by atoms with E-state index in [2.05, 4.69) is 5.32 Å². The van der Waals surface area contributed by atoms with E-state index >= 15 is 0 Å². The van der Waals surface area contributed by atoms with Crippen LogP contribution in [0.4, 0.5) is 5.69 Å². The molecule has 146 valence electrons. The normalized spacial score (nSPS) is 21.6. The first kappa shape index (κ1) is 18.8. The van der Waals surface area contributed by atoms with Gasteiger partial charge in [0.25, 0.3) is 5.91 Å². The summed E-state index contributed by atoms with van der Waals surface area (Å²) in [5, 5.41) is 13.9. The number of ether oxygens (including phenoxy) is 1. The Bertz CT molecular complexity index is 900. The number of aliphatic hydroxyl groups is 1. The maximum absolute atomic E-state index is 12.6.